The van der Waals surface area contributed by atoms with Gasteiger partial charge >= 0.3 is 5.97 Å². The number of hydrogen-bond acceptors (Lipinski definition) is 2. The van der Waals surface area contributed by atoms with Gasteiger partial charge in [0.2, 0.25) is 0 Å². The van der Waals surface area contributed by atoms with Gasteiger partial charge in [0.05, 0.1) is 12.0 Å². The molecule has 0 N–H and O–H groups in total. The van der Waals surface area contributed by atoms with Gasteiger partial charge in [-0.3, -0.25) is 0 Å². The Morgan fingerprint density at radius 1 is 1.78 bits per heavy atom. The van der Waals surface area contributed by atoms with E-state index in [4.69, 9.17) is 21.4 Å². The summed E-state index contributed by atoms with van der Waals surface area (Å²) in [7, 11) is 9.49. The Morgan fingerprint density at radius 2 is 2.33 bits per heavy atom. The fraction of sp³-hybridized carbons (Fsp3) is 0.500. The number of halogens is 2. The molecule has 0 aromatic carbocycles. The van der Waals surface area contributed by atoms with Gasteiger partial charge in [0.25, 0.3) is 0 Å². The molecule has 0 rings (SSSR count). The van der Waals surface area contributed by atoms with Crippen LogP contribution < -0.4 is 0 Å². The summed E-state index contributed by atoms with van der Waals surface area (Å²) in [6, 6.07) is 0. The zero-order valence-electron chi connectivity index (χ0n) is 4.77. The minimum absolute atomic E-state index is 0.348. The average Bonchev–Trinajstić information content (AvgIpc) is 1.63. The molecule has 9 heavy (non-hydrogen) atoms. The number of carbonyl (C=O) groups excluding carboxylic acids is 1. The molecule has 0 aliphatic rings. The Kier molecular flexibility index (Phi) is 5.24. The van der Waals surface area contributed by atoms with Crippen LogP contribution in [0, 0.1) is 0 Å². The van der Waals surface area contributed by atoms with E-state index in [2.05, 4.69) is 4.74 Å². The fourth-order valence-electron chi connectivity index (χ4n) is 0.249. The molecule has 2 nitrogen and oxygen atoms in total. The third-order valence-corrected chi connectivity index (χ3v) is 1.38. The van der Waals surface area contributed by atoms with Gasteiger partial charge in [-0.25, -0.2) is 4.79 Å². The number of esters is 1. The summed E-state index contributed by atoms with van der Waals surface area (Å²) in [4.78, 5) is 10.4. The maximum absolute atomic E-state index is 10.4. The van der Waals surface area contributed by atoms with Crippen LogP contribution in [-0.2, 0) is 9.53 Å². The quantitative estimate of drug-likeness (QED) is 0.490. The molecule has 5 heteroatoms. The first-order chi connectivity index (χ1) is 4.16. The summed E-state index contributed by atoms with van der Waals surface area (Å²) in [6.45, 7) is 2.06. The smallest absolute Gasteiger partial charge is 0.338 e. The molecular formula is C4H6Cl2O2S. The van der Waals surface area contributed by atoms with Crippen LogP contribution in [0.3, 0.4) is 0 Å². The Bertz CT molecular complexity index is 131. The van der Waals surface area contributed by atoms with Gasteiger partial charge in [-0.2, -0.15) is 0 Å². The molecule has 0 radical (unpaired) electrons. The molecule has 0 spiro atoms. The summed E-state index contributed by atoms with van der Waals surface area (Å²) in [5.74, 6) is -0.467. The zero-order chi connectivity index (χ0) is 7.28. The second kappa shape index (κ2) is 5.09. The lowest BCUT2D eigenvalue weighted by atomic mass is 10.8. The third-order valence-electron chi connectivity index (χ3n) is 0.472. The molecule has 0 aromatic heterocycles. The van der Waals surface area contributed by atoms with Gasteiger partial charge in [0, 0.05) is 8.91 Å². The van der Waals surface area contributed by atoms with Crippen molar-refractivity contribution in [2.45, 2.75) is 6.92 Å². The first kappa shape index (κ1) is 9.27. The molecule has 54 valence electrons. The molecule has 0 unspecified atom stereocenters. The maximum atomic E-state index is 10.4. The van der Waals surface area contributed by atoms with Gasteiger partial charge in [0.1, 0.15) is 0 Å². The SMILES string of the molecule is CCOC(=O)C=S(Cl)Cl. The molecule has 0 saturated carbocycles. The zero-order valence-corrected chi connectivity index (χ0v) is 7.09. The first-order valence-corrected chi connectivity index (χ1v) is 5.18. The van der Waals surface area contributed by atoms with Crippen LogP contribution in [0.4, 0.5) is 0 Å². The standard InChI is InChI=1S/C4H6Cl2O2S/c1-2-8-4(7)3-9(5)6/h3H,2H2,1H3. The van der Waals surface area contributed by atoms with Crippen molar-refractivity contribution in [3.8, 4) is 0 Å². The normalized spacial score (nSPS) is 9.33. The van der Waals surface area contributed by atoms with Crippen molar-refractivity contribution in [2.75, 3.05) is 6.61 Å². The van der Waals surface area contributed by atoms with E-state index in [1.54, 1.807) is 6.92 Å². The highest BCUT2D eigenvalue weighted by Crippen LogP contribution is 2.22. The highest BCUT2D eigenvalue weighted by atomic mass is 36.0. The van der Waals surface area contributed by atoms with E-state index < -0.39 is 14.9 Å². The van der Waals surface area contributed by atoms with E-state index in [0.717, 1.165) is 5.37 Å². The molecule has 0 aromatic rings. The third kappa shape index (κ3) is 6.15. The number of ether oxygens (including phenoxy) is 1. The number of carbonyl (C=O) groups is 1. The van der Waals surface area contributed by atoms with Gasteiger partial charge in [-0.15, -0.1) is 0 Å². The van der Waals surface area contributed by atoms with Gasteiger partial charge in [0.15, 0.2) is 0 Å². The van der Waals surface area contributed by atoms with Crippen molar-refractivity contribution >= 4 is 41.6 Å². The van der Waals surface area contributed by atoms with E-state index in [1.807, 2.05) is 0 Å². The van der Waals surface area contributed by atoms with E-state index in [9.17, 15) is 4.79 Å². The topological polar surface area (TPSA) is 26.3 Å². The second-order valence-electron chi connectivity index (χ2n) is 1.11. The van der Waals surface area contributed by atoms with Crippen molar-refractivity contribution < 1.29 is 9.53 Å². The van der Waals surface area contributed by atoms with E-state index in [-0.39, 0.29) is 0 Å². The minimum atomic E-state index is -1.00. The van der Waals surface area contributed by atoms with E-state index in [0.29, 0.717) is 6.61 Å². The van der Waals surface area contributed by atoms with E-state index >= 15 is 0 Å². The molecule has 0 heterocycles. The molecule has 0 amide bonds. The van der Waals surface area contributed by atoms with Gasteiger partial charge < -0.3 is 4.74 Å². The minimum Gasteiger partial charge on any atom is -0.462 e. The van der Waals surface area contributed by atoms with Gasteiger partial charge in [-0.05, 0) is 28.3 Å². The number of rotatable bonds is 2. The lowest BCUT2D eigenvalue weighted by molar-refractivity contribution is -0.134. The van der Waals surface area contributed by atoms with Crippen LogP contribution in [-0.4, -0.2) is 17.9 Å². The maximum Gasteiger partial charge on any atom is 0.338 e. The summed E-state index contributed by atoms with van der Waals surface area (Å²) in [6.07, 6.45) is 0. The lowest BCUT2D eigenvalue weighted by Crippen LogP contribution is -2.03. The monoisotopic (exact) mass is 188 g/mol. The van der Waals surface area contributed by atoms with Crippen molar-refractivity contribution in [1.82, 2.24) is 0 Å². The Labute approximate surface area is 65.0 Å². The summed E-state index contributed by atoms with van der Waals surface area (Å²) in [5, 5.41) is 1.12. The highest BCUT2D eigenvalue weighted by molar-refractivity contribution is 8.50. The Morgan fingerprint density at radius 3 is 2.67 bits per heavy atom. The summed E-state index contributed by atoms with van der Waals surface area (Å²) < 4.78 is 4.50. The molecule has 0 bridgehead atoms. The second-order valence-corrected chi connectivity index (χ2v) is 4.28. The summed E-state index contributed by atoms with van der Waals surface area (Å²) >= 11 is 0. The van der Waals surface area contributed by atoms with Crippen LogP contribution in [0.5, 0.6) is 0 Å². The lowest BCUT2D eigenvalue weighted by Gasteiger charge is -1.92. The molecule has 0 atom stereocenters. The predicted octanol–water partition coefficient (Wildman–Crippen LogP) is 1.93. The molecule has 0 saturated heterocycles. The van der Waals surface area contributed by atoms with Crippen LogP contribution in [0.2, 0.25) is 0 Å². The molecular weight excluding hydrogens is 183 g/mol. The van der Waals surface area contributed by atoms with Crippen LogP contribution in [0.1, 0.15) is 6.92 Å². The highest BCUT2D eigenvalue weighted by Gasteiger charge is 1.94. The van der Waals surface area contributed by atoms with Crippen LogP contribution in [0.25, 0.3) is 0 Å². The van der Waals surface area contributed by atoms with Crippen molar-refractivity contribution in [1.29, 1.82) is 0 Å². The van der Waals surface area contributed by atoms with Crippen molar-refractivity contribution in [3.63, 3.8) is 0 Å². The molecule has 0 aliphatic heterocycles. The Balaban J connectivity index is 3.63. The van der Waals surface area contributed by atoms with E-state index in [1.165, 1.54) is 0 Å². The van der Waals surface area contributed by atoms with Crippen LogP contribution in [0.15, 0.2) is 0 Å². The molecule has 0 aliphatic carbocycles. The average molecular weight is 189 g/mol. The van der Waals surface area contributed by atoms with Gasteiger partial charge in [-0.1, -0.05) is 0 Å². The van der Waals surface area contributed by atoms with Crippen molar-refractivity contribution in [3.05, 3.63) is 0 Å². The largest absolute Gasteiger partial charge is 0.462 e. The predicted molar refractivity (Wildman–Crippen MR) is 42.0 cm³/mol. The number of hydrogen-bond donors (Lipinski definition) is 0. The molecule has 0 fully saturated rings. The van der Waals surface area contributed by atoms with Crippen LogP contribution >= 0.6 is 30.3 Å². The first-order valence-electron chi connectivity index (χ1n) is 2.24. The Hall–Kier alpha value is 0.270. The fourth-order valence-corrected chi connectivity index (χ4v) is 0.899. The summed E-state index contributed by atoms with van der Waals surface area (Å²) in [5.41, 5.74) is 0. The van der Waals surface area contributed by atoms with Crippen molar-refractivity contribution in [2.24, 2.45) is 0 Å².